The number of aryl methyl sites for hydroxylation is 1. The van der Waals surface area contributed by atoms with E-state index in [0.717, 1.165) is 13.0 Å². The predicted molar refractivity (Wildman–Crippen MR) is 84.4 cm³/mol. The maximum atomic E-state index is 12.4. The van der Waals surface area contributed by atoms with E-state index in [0.29, 0.717) is 12.3 Å². The van der Waals surface area contributed by atoms with Crippen molar-refractivity contribution in [1.82, 2.24) is 4.90 Å². The lowest BCUT2D eigenvalue weighted by molar-refractivity contribution is -0.135. The van der Waals surface area contributed by atoms with Gasteiger partial charge in [-0.1, -0.05) is 44.2 Å². The van der Waals surface area contributed by atoms with Crippen molar-refractivity contribution in [3.05, 3.63) is 35.9 Å². The van der Waals surface area contributed by atoms with E-state index in [1.54, 1.807) is 0 Å². The Kier molecular flexibility index (Phi) is 6.73. The Balaban J connectivity index is 2.56. The lowest BCUT2D eigenvalue weighted by Crippen LogP contribution is -2.48. The minimum atomic E-state index is -0.406. The zero-order valence-corrected chi connectivity index (χ0v) is 13.2. The molecule has 1 amide bonds. The molecule has 0 aliphatic heterocycles. The van der Waals surface area contributed by atoms with Crippen LogP contribution in [0, 0.1) is 5.92 Å². The van der Waals surface area contributed by atoms with Crippen LogP contribution in [0.3, 0.4) is 0 Å². The zero-order valence-electron chi connectivity index (χ0n) is 13.2. The van der Waals surface area contributed by atoms with E-state index < -0.39 is 6.04 Å². The molecule has 0 spiro atoms. The number of benzene rings is 1. The van der Waals surface area contributed by atoms with Gasteiger partial charge in [-0.15, -0.1) is 0 Å². The molecule has 0 aliphatic rings. The van der Waals surface area contributed by atoms with Crippen LogP contribution in [0.5, 0.6) is 0 Å². The van der Waals surface area contributed by atoms with Crippen molar-refractivity contribution < 1.29 is 4.79 Å². The van der Waals surface area contributed by atoms with E-state index in [1.807, 2.05) is 36.9 Å². The number of carbonyl (C=O) groups excluding carboxylic acids is 1. The molecule has 1 aromatic rings. The Morgan fingerprint density at radius 3 is 2.25 bits per heavy atom. The third kappa shape index (κ3) is 5.33. The molecule has 20 heavy (non-hydrogen) atoms. The molecule has 0 radical (unpaired) electrons. The van der Waals surface area contributed by atoms with Crippen molar-refractivity contribution in [2.75, 3.05) is 6.54 Å². The van der Waals surface area contributed by atoms with Crippen molar-refractivity contribution in [3.8, 4) is 0 Å². The van der Waals surface area contributed by atoms with Crippen molar-refractivity contribution in [1.29, 1.82) is 0 Å². The molecule has 0 saturated heterocycles. The molecule has 1 rings (SSSR count). The summed E-state index contributed by atoms with van der Waals surface area (Å²) in [5.41, 5.74) is 7.32. The molecule has 1 atom stereocenters. The summed E-state index contributed by atoms with van der Waals surface area (Å²) >= 11 is 0. The molecule has 0 aliphatic carbocycles. The first kappa shape index (κ1) is 16.7. The molecule has 0 aromatic heterocycles. The number of nitrogens with zero attached hydrogens (tertiary/aromatic N) is 1. The fourth-order valence-corrected chi connectivity index (χ4v) is 2.25. The second-order valence-electron chi connectivity index (χ2n) is 6.11. The molecule has 1 aromatic carbocycles. The summed E-state index contributed by atoms with van der Waals surface area (Å²) in [6.45, 7) is 9.11. The van der Waals surface area contributed by atoms with Crippen molar-refractivity contribution >= 4 is 5.91 Å². The molecule has 3 heteroatoms. The van der Waals surface area contributed by atoms with Gasteiger partial charge in [0.2, 0.25) is 5.91 Å². The van der Waals surface area contributed by atoms with Crippen LogP contribution in [0.4, 0.5) is 0 Å². The van der Waals surface area contributed by atoms with Gasteiger partial charge in [-0.3, -0.25) is 4.79 Å². The van der Waals surface area contributed by atoms with Crippen molar-refractivity contribution in [3.63, 3.8) is 0 Å². The summed E-state index contributed by atoms with van der Waals surface area (Å²) in [6.07, 6.45) is 1.55. The molecule has 2 N–H and O–H groups in total. The van der Waals surface area contributed by atoms with Gasteiger partial charge in [0.1, 0.15) is 0 Å². The van der Waals surface area contributed by atoms with Gasteiger partial charge in [0.05, 0.1) is 6.04 Å². The molecule has 112 valence electrons. The summed E-state index contributed by atoms with van der Waals surface area (Å²) in [6, 6.07) is 9.97. The number of amides is 1. The maximum absolute atomic E-state index is 12.4. The third-order valence-corrected chi connectivity index (χ3v) is 3.37. The molecular weight excluding hydrogens is 248 g/mol. The number of hydrogen-bond donors (Lipinski definition) is 1. The molecule has 0 fully saturated rings. The first-order chi connectivity index (χ1) is 9.41. The van der Waals surface area contributed by atoms with Crippen molar-refractivity contribution in [2.45, 2.75) is 52.6 Å². The molecule has 1 unspecified atom stereocenters. The van der Waals surface area contributed by atoms with Gasteiger partial charge in [0, 0.05) is 12.6 Å². The van der Waals surface area contributed by atoms with Crippen LogP contribution in [0.2, 0.25) is 0 Å². The lowest BCUT2D eigenvalue weighted by Gasteiger charge is -2.31. The fraction of sp³-hybridized carbons (Fsp3) is 0.588. The predicted octanol–water partition coefficient (Wildman–Crippen LogP) is 2.84. The van der Waals surface area contributed by atoms with Gasteiger partial charge in [0.25, 0.3) is 0 Å². The van der Waals surface area contributed by atoms with Gasteiger partial charge in [-0.05, 0) is 38.2 Å². The van der Waals surface area contributed by atoms with Crippen molar-refractivity contribution in [2.24, 2.45) is 11.7 Å². The van der Waals surface area contributed by atoms with Crippen LogP contribution in [0.1, 0.15) is 39.7 Å². The molecule has 0 bridgehead atoms. The van der Waals surface area contributed by atoms with Crippen LogP contribution < -0.4 is 5.73 Å². The summed E-state index contributed by atoms with van der Waals surface area (Å²) < 4.78 is 0. The SMILES string of the molecule is CC(C)CN(C(=O)C(N)CCc1ccccc1)C(C)C. The molecule has 3 nitrogen and oxygen atoms in total. The smallest absolute Gasteiger partial charge is 0.239 e. The largest absolute Gasteiger partial charge is 0.339 e. The summed E-state index contributed by atoms with van der Waals surface area (Å²) in [7, 11) is 0. The lowest BCUT2D eigenvalue weighted by atomic mass is 10.0. The van der Waals surface area contributed by atoms with E-state index in [2.05, 4.69) is 26.0 Å². The van der Waals surface area contributed by atoms with E-state index in [1.165, 1.54) is 5.56 Å². The quantitative estimate of drug-likeness (QED) is 0.832. The van der Waals surface area contributed by atoms with E-state index in [9.17, 15) is 4.79 Å². The van der Waals surface area contributed by atoms with E-state index in [4.69, 9.17) is 5.73 Å². The van der Waals surface area contributed by atoms with Crippen LogP contribution in [0.15, 0.2) is 30.3 Å². The minimum absolute atomic E-state index is 0.0737. The Morgan fingerprint density at radius 2 is 1.75 bits per heavy atom. The first-order valence-corrected chi connectivity index (χ1v) is 7.51. The van der Waals surface area contributed by atoms with Crippen LogP contribution in [-0.2, 0) is 11.2 Å². The highest BCUT2D eigenvalue weighted by Gasteiger charge is 2.23. The fourth-order valence-electron chi connectivity index (χ4n) is 2.25. The average Bonchev–Trinajstić information content (AvgIpc) is 2.42. The number of hydrogen-bond acceptors (Lipinski definition) is 2. The van der Waals surface area contributed by atoms with Gasteiger partial charge in [-0.25, -0.2) is 0 Å². The highest BCUT2D eigenvalue weighted by Crippen LogP contribution is 2.10. The van der Waals surface area contributed by atoms with Crippen LogP contribution >= 0.6 is 0 Å². The molecule has 0 heterocycles. The molecular formula is C17H28N2O. The summed E-state index contributed by atoms with van der Waals surface area (Å²) in [5.74, 6) is 0.535. The minimum Gasteiger partial charge on any atom is -0.339 e. The Labute approximate surface area is 123 Å². The first-order valence-electron chi connectivity index (χ1n) is 7.51. The summed E-state index contributed by atoms with van der Waals surface area (Å²) in [4.78, 5) is 14.3. The van der Waals surface area contributed by atoms with E-state index >= 15 is 0 Å². The van der Waals surface area contributed by atoms with E-state index in [-0.39, 0.29) is 11.9 Å². The van der Waals surface area contributed by atoms with Gasteiger partial charge >= 0.3 is 0 Å². The third-order valence-electron chi connectivity index (χ3n) is 3.37. The highest BCUT2D eigenvalue weighted by atomic mass is 16.2. The monoisotopic (exact) mass is 276 g/mol. The number of rotatable bonds is 7. The Hall–Kier alpha value is -1.35. The van der Waals surface area contributed by atoms with Gasteiger partial charge in [0.15, 0.2) is 0 Å². The standard InChI is InChI=1S/C17H28N2O/c1-13(2)12-19(14(3)4)17(20)16(18)11-10-15-8-6-5-7-9-15/h5-9,13-14,16H,10-12,18H2,1-4H3. The Bertz CT molecular complexity index is 401. The maximum Gasteiger partial charge on any atom is 0.239 e. The number of carbonyl (C=O) groups is 1. The van der Waals surface area contributed by atoms with Gasteiger partial charge in [-0.2, -0.15) is 0 Å². The van der Waals surface area contributed by atoms with Gasteiger partial charge < -0.3 is 10.6 Å². The highest BCUT2D eigenvalue weighted by molar-refractivity contribution is 5.81. The second-order valence-corrected chi connectivity index (χ2v) is 6.11. The normalized spacial score (nSPS) is 12.8. The Morgan fingerprint density at radius 1 is 1.15 bits per heavy atom. The second kappa shape index (κ2) is 8.05. The zero-order chi connectivity index (χ0) is 15.1. The molecule has 0 saturated carbocycles. The van der Waals surface area contributed by atoms with Crippen LogP contribution in [0.25, 0.3) is 0 Å². The average molecular weight is 276 g/mol. The number of nitrogens with two attached hydrogens (primary N) is 1. The van der Waals surface area contributed by atoms with Crippen LogP contribution in [-0.4, -0.2) is 29.4 Å². The summed E-state index contributed by atoms with van der Waals surface area (Å²) in [5, 5.41) is 0. The topological polar surface area (TPSA) is 46.3 Å².